The SMILES string of the molecule is CC1CCC(C(C)C)C(NC(=O)CNCC2CC2)C1. The number of hydrogen-bond acceptors (Lipinski definition) is 2. The van der Waals surface area contributed by atoms with Gasteiger partial charge in [-0.15, -0.1) is 0 Å². The van der Waals surface area contributed by atoms with Crippen LogP contribution in [0.3, 0.4) is 0 Å². The van der Waals surface area contributed by atoms with Crippen molar-refractivity contribution in [2.24, 2.45) is 23.7 Å². The van der Waals surface area contributed by atoms with Crippen molar-refractivity contribution in [3.05, 3.63) is 0 Å². The molecule has 0 spiro atoms. The highest BCUT2D eigenvalue weighted by Gasteiger charge is 2.31. The summed E-state index contributed by atoms with van der Waals surface area (Å²) in [5, 5.41) is 6.55. The first-order valence-corrected chi connectivity index (χ1v) is 8.06. The molecule has 0 heterocycles. The van der Waals surface area contributed by atoms with Crippen LogP contribution < -0.4 is 10.6 Å². The van der Waals surface area contributed by atoms with E-state index in [1.165, 1.54) is 25.7 Å². The quantitative estimate of drug-likeness (QED) is 0.776. The van der Waals surface area contributed by atoms with Crippen LogP contribution in [-0.2, 0) is 4.79 Å². The Hall–Kier alpha value is -0.570. The van der Waals surface area contributed by atoms with Crippen LogP contribution in [0.1, 0.15) is 52.9 Å². The summed E-state index contributed by atoms with van der Waals surface area (Å²) in [7, 11) is 0. The maximum Gasteiger partial charge on any atom is 0.234 e. The molecule has 0 aliphatic heterocycles. The molecule has 3 atom stereocenters. The molecule has 3 heteroatoms. The Balaban J connectivity index is 1.74. The normalized spacial score (nSPS) is 31.5. The fourth-order valence-corrected chi connectivity index (χ4v) is 3.34. The van der Waals surface area contributed by atoms with Gasteiger partial charge in [0.2, 0.25) is 5.91 Å². The zero-order valence-corrected chi connectivity index (χ0v) is 12.7. The van der Waals surface area contributed by atoms with Gasteiger partial charge < -0.3 is 10.6 Å². The van der Waals surface area contributed by atoms with Crippen molar-refractivity contribution in [3.63, 3.8) is 0 Å². The molecule has 2 aliphatic carbocycles. The van der Waals surface area contributed by atoms with Gasteiger partial charge in [-0.05, 0) is 55.9 Å². The molecule has 2 aliphatic rings. The zero-order chi connectivity index (χ0) is 13.8. The van der Waals surface area contributed by atoms with Gasteiger partial charge >= 0.3 is 0 Å². The van der Waals surface area contributed by atoms with Gasteiger partial charge in [-0.2, -0.15) is 0 Å². The molecule has 3 unspecified atom stereocenters. The third-order valence-electron chi connectivity index (χ3n) is 4.78. The lowest BCUT2D eigenvalue weighted by Gasteiger charge is -2.37. The van der Waals surface area contributed by atoms with E-state index in [-0.39, 0.29) is 5.91 Å². The van der Waals surface area contributed by atoms with E-state index >= 15 is 0 Å². The van der Waals surface area contributed by atoms with E-state index in [0.717, 1.165) is 24.8 Å². The lowest BCUT2D eigenvalue weighted by molar-refractivity contribution is -0.121. The highest BCUT2D eigenvalue weighted by Crippen LogP contribution is 2.33. The summed E-state index contributed by atoms with van der Waals surface area (Å²) in [6.45, 7) is 8.38. The topological polar surface area (TPSA) is 41.1 Å². The molecular weight excluding hydrogens is 236 g/mol. The molecule has 1 amide bonds. The van der Waals surface area contributed by atoms with Crippen molar-refractivity contribution < 1.29 is 4.79 Å². The number of nitrogens with one attached hydrogen (secondary N) is 2. The van der Waals surface area contributed by atoms with Crippen LogP contribution in [-0.4, -0.2) is 25.0 Å². The average molecular weight is 266 g/mol. The van der Waals surface area contributed by atoms with Crippen LogP contribution in [0.15, 0.2) is 0 Å². The second kappa shape index (κ2) is 6.74. The van der Waals surface area contributed by atoms with Gasteiger partial charge in [-0.1, -0.05) is 27.2 Å². The Labute approximate surface area is 117 Å². The third-order valence-corrected chi connectivity index (χ3v) is 4.78. The molecule has 2 rings (SSSR count). The first-order chi connectivity index (χ1) is 9.06. The van der Waals surface area contributed by atoms with E-state index < -0.39 is 0 Å². The Morgan fingerprint density at radius 2 is 1.95 bits per heavy atom. The molecule has 2 fully saturated rings. The van der Waals surface area contributed by atoms with Crippen LogP contribution >= 0.6 is 0 Å². The second-order valence-corrected chi connectivity index (χ2v) is 7.07. The highest BCUT2D eigenvalue weighted by molar-refractivity contribution is 5.78. The van der Waals surface area contributed by atoms with Crippen LogP contribution in [0.4, 0.5) is 0 Å². The lowest BCUT2D eigenvalue weighted by atomic mass is 9.74. The van der Waals surface area contributed by atoms with Gasteiger partial charge in [0.15, 0.2) is 0 Å². The van der Waals surface area contributed by atoms with Crippen molar-refractivity contribution in [2.75, 3.05) is 13.1 Å². The second-order valence-electron chi connectivity index (χ2n) is 7.07. The van der Waals surface area contributed by atoms with E-state index in [0.29, 0.717) is 24.4 Å². The van der Waals surface area contributed by atoms with Crippen LogP contribution in [0.2, 0.25) is 0 Å². The molecule has 0 aromatic carbocycles. The Morgan fingerprint density at radius 1 is 1.21 bits per heavy atom. The van der Waals surface area contributed by atoms with Crippen LogP contribution in [0.5, 0.6) is 0 Å². The largest absolute Gasteiger partial charge is 0.352 e. The standard InChI is InChI=1S/C16H30N2O/c1-11(2)14-7-4-12(3)8-15(14)18-16(19)10-17-9-13-5-6-13/h11-15,17H,4-10H2,1-3H3,(H,18,19). The molecule has 0 aromatic rings. The number of carbonyl (C=O) groups excluding carboxylic acids is 1. The number of amides is 1. The summed E-state index contributed by atoms with van der Waals surface area (Å²) in [6, 6.07) is 0.388. The van der Waals surface area contributed by atoms with Gasteiger partial charge in [0.25, 0.3) is 0 Å². The van der Waals surface area contributed by atoms with Crippen LogP contribution in [0, 0.1) is 23.7 Å². The van der Waals surface area contributed by atoms with Gasteiger partial charge in [0, 0.05) is 6.04 Å². The smallest absolute Gasteiger partial charge is 0.234 e. The van der Waals surface area contributed by atoms with Crippen molar-refractivity contribution in [2.45, 2.75) is 58.9 Å². The number of hydrogen-bond donors (Lipinski definition) is 2. The molecule has 2 saturated carbocycles. The maximum absolute atomic E-state index is 12.0. The molecule has 110 valence electrons. The van der Waals surface area contributed by atoms with Gasteiger partial charge in [0.05, 0.1) is 6.54 Å². The summed E-state index contributed by atoms with van der Waals surface area (Å²) in [6.07, 6.45) is 6.40. The molecule has 0 radical (unpaired) electrons. The molecule has 3 nitrogen and oxygen atoms in total. The molecular formula is C16H30N2O. The summed E-state index contributed by atoms with van der Waals surface area (Å²) >= 11 is 0. The van der Waals surface area contributed by atoms with Crippen molar-refractivity contribution >= 4 is 5.91 Å². The minimum atomic E-state index is 0.186. The molecule has 0 bridgehead atoms. The third kappa shape index (κ3) is 4.79. The minimum Gasteiger partial charge on any atom is -0.352 e. The molecule has 19 heavy (non-hydrogen) atoms. The fraction of sp³-hybridized carbons (Fsp3) is 0.938. The Kier molecular flexibility index (Phi) is 5.26. The monoisotopic (exact) mass is 266 g/mol. The predicted octanol–water partition coefficient (Wildman–Crippen LogP) is 2.56. The molecule has 2 N–H and O–H groups in total. The Bertz CT molecular complexity index is 299. The molecule has 0 aromatic heterocycles. The van der Waals surface area contributed by atoms with E-state index in [4.69, 9.17) is 0 Å². The summed E-state index contributed by atoms with van der Waals surface area (Å²) < 4.78 is 0. The summed E-state index contributed by atoms with van der Waals surface area (Å²) in [4.78, 5) is 12.0. The van der Waals surface area contributed by atoms with E-state index in [2.05, 4.69) is 31.4 Å². The van der Waals surface area contributed by atoms with E-state index in [1.54, 1.807) is 0 Å². The zero-order valence-electron chi connectivity index (χ0n) is 12.7. The molecule has 0 saturated heterocycles. The van der Waals surface area contributed by atoms with Crippen molar-refractivity contribution in [1.82, 2.24) is 10.6 Å². The van der Waals surface area contributed by atoms with Crippen LogP contribution in [0.25, 0.3) is 0 Å². The number of rotatable bonds is 6. The fourth-order valence-electron chi connectivity index (χ4n) is 3.34. The predicted molar refractivity (Wildman–Crippen MR) is 78.9 cm³/mol. The average Bonchev–Trinajstić information content (AvgIpc) is 3.12. The van der Waals surface area contributed by atoms with E-state index in [1.807, 2.05) is 0 Å². The van der Waals surface area contributed by atoms with Gasteiger partial charge in [-0.25, -0.2) is 0 Å². The highest BCUT2D eigenvalue weighted by atomic mass is 16.2. The summed E-state index contributed by atoms with van der Waals surface area (Å²) in [5.74, 6) is 3.09. The van der Waals surface area contributed by atoms with Gasteiger partial charge in [0.1, 0.15) is 0 Å². The summed E-state index contributed by atoms with van der Waals surface area (Å²) in [5.41, 5.74) is 0. The van der Waals surface area contributed by atoms with Crippen molar-refractivity contribution in [3.8, 4) is 0 Å². The lowest BCUT2D eigenvalue weighted by Crippen LogP contribution is -2.48. The first kappa shape index (κ1) is 14.8. The first-order valence-electron chi connectivity index (χ1n) is 8.06. The van der Waals surface area contributed by atoms with Gasteiger partial charge in [-0.3, -0.25) is 4.79 Å². The maximum atomic E-state index is 12.0. The minimum absolute atomic E-state index is 0.186. The van der Waals surface area contributed by atoms with Crippen molar-refractivity contribution in [1.29, 1.82) is 0 Å². The number of carbonyl (C=O) groups is 1. The van der Waals surface area contributed by atoms with E-state index in [9.17, 15) is 4.79 Å². The Morgan fingerprint density at radius 3 is 2.58 bits per heavy atom.